The van der Waals surface area contributed by atoms with Crippen LogP contribution in [-0.4, -0.2) is 19.0 Å². The lowest BCUT2D eigenvalue weighted by Gasteiger charge is -2.01. The van der Waals surface area contributed by atoms with Gasteiger partial charge in [-0.2, -0.15) is 0 Å². The molecule has 0 aliphatic rings. The predicted octanol–water partition coefficient (Wildman–Crippen LogP) is -0.256. The summed E-state index contributed by atoms with van der Waals surface area (Å²) >= 11 is -1.16. The zero-order chi connectivity index (χ0) is 6.69. The zero-order valence-electron chi connectivity index (χ0n) is 4.10. The summed E-state index contributed by atoms with van der Waals surface area (Å²) in [5, 5.41) is 7.11. The standard InChI is InChI=1S/C2H3N3O2S2/c6-9(7)5-2-4-3-1-8-2/h1H,(H,4,5)(H,6,7)/p-1. The van der Waals surface area contributed by atoms with Crippen LogP contribution in [-0.2, 0) is 11.3 Å². The fourth-order valence-corrected chi connectivity index (χ4v) is 1.16. The van der Waals surface area contributed by atoms with Gasteiger partial charge in [-0.05, 0) is 0 Å². The van der Waals surface area contributed by atoms with E-state index >= 15 is 0 Å². The van der Waals surface area contributed by atoms with E-state index in [4.69, 9.17) is 0 Å². The molecular weight excluding hydrogens is 162 g/mol. The van der Waals surface area contributed by atoms with Crippen LogP contribution in [0.2, 0.25) is 0 Å². The van der Waals surface area contributed by atoms with Crippen molar-refractivity contribution in [3.63, 3.8) is 0 Å². The SMILES string of the molecule is O=S([O-])Nc1nncs1. The summed E-state index contributed by atoms with van der Waals surface area (Å²) in [5.41, 5.74) is 1.44. The molecule has 1 heterocycles. The molecule has 7 heteroatoms. The highest BCUT2D eigenvalue weighted by molar-refractivity contribution is 7.80. The van der Waals surface area contributed by atoms with Crippen molar-refractivity contribution in [2.45, 2.75) is 0 Å². The van der Waals surface area contributed by atoms with Gasteiger partial charge in [-0.25, -0.2) is 0 Å². The minimum Gasteiger partial charge on any atom is -0.755 e. The van der Waals surface area contributed by atoms with E-state index in [2.05, 4.69) is 10.2 Å². The normalized spacial score (nSPS) is 13.0. The van der Waals surface area contributed by atoms with Gasteiger partial charge in [-0.3, -0.25) is 8.93 Å². The lowest BCUT2D eigenvalue weighted by molar-refractivity contribution is 0.542. The third-order valence-corrected chi connectivity index (χ3v) is 1.63. The molecule has 0 fully saturated rings. The molecule has 0 saturated heterocycles. The number of nitrogens with zero attached hydrogens (tertiary/aromatic N) is 2. The van der Waals surface area contributed by atoms with Crippen LogP contribution in [0, 0.1) is 0 Å². The van der Waals surface area contributed by atoms with Gasteiger partial charge in [0.2, 0.25) is 5.13 Å². The van der Waals surface area contributed by atoms with Gasteiger partial charge >= 0.3 is 0 Å². The Kier molecular flexibility index (Phi) is 2.09. The highest BCUT2D eigenvalue weighted by Crippen LogP contribution is 2.07. The van der Waals surface area contributed by atoms with Crippen molar-refractivity contribution in [2.24, 2.45) is 0 Å². The number of aromatic nitrogens is 2. The summed E-state index contributed by atoms with van der Waals surface area (Å²) in [6.07, 6.45) is 0. The Morgan fingerprint density at radius 2 is 2.67 bits per heavy atom. The van der Waals surface area contributed by atoms with Gasteiger partial charge in [-0.15, -0.1) is 10.2 Å². The maximum Gasteiger partial charge on any atom is 0.216 e. The number of rotatable bonds is 2. The largest absolute Gasteiger partial charge is 0.755 e. The van der Waals surface area contributed by atoms with E-state index in [9.17, 15) is 8.76 Å². The van der Waals surface area contributed by atoms with E-state index in [1.165, 1.54) is 5.51 Å². The first-order valence-corrected chi connectivity index (χ1v) is 3.86. The molecule has 0 radical (unpaired) electrons. The summed E-state index contributed by atoms with van der Waals surface area (Å²) in [4.78, 5) is 0. The Balaban J connectivity index is 2.58. The molecule has 0 saturated carbocycles. The van der Waals surface area contributed by atoms with Crippen molar-refractivity contribution in [2.75, 3.05) is 4.72 Å². The van der Waals surface area contributed by atoms with Crippen molar-refractivity contribution in [1.29, 1.82) is 0 Å². The second-order valence-corrected chi connectivity index (χ2v) is 2.59. The predicted molar refractivity (Wildman–Crippen MR) is 32.5 cm³/mol. The van der Waals surface area contributed by atoms with Crippen LogP contribution < -0.4 is 4.72 Å². The number of anilines is 1. The van der Waals surface area contributed by atoms with Gasteiger partial charge in [0.25, 0.3) is 0 Å². The Bertz CT molecular complexity index is 198. The molecule has 9 heavy (non-hydrogen) atoms. The fraction of sp³-hybridized carbons (Fsp3) is 0. The minimum atomic E-state index is -2.29. The molecule has 1 atom stereocenters. The molecule has 1 aromatic rings. The summed E-state index contributed by atoms with van der Waals surface area (Å²) in [5.74, 6) is 0. The number of hydrogen-bond donors (Lipinski definition) is 1. The quantitative estimate of drug-likeness (QED) is 0.611. The maximum absolute atomic E-state index is 9.89. The van der Waals surface area contributed by atoms with Crippen LogP contribution in [0.25, 0.3) is 0 Å². The smallest absolute Gasteiger partial charge is 0.216 e. The van der Waals surface area contributed by atoms with Crippen LogP contribution in [0.15, 0.2) is 5.51 Å². The molecule has 0 amide bonds. The Morgan fingerprint density at radius 3 is 3.11 bits per heavy atom. The van der Waals surface area contributed by atoms with Crippen molar-refractivity contribution in [3.8, 4) is 0 Å². The molecule has 1 aromatic heterocycles. The summed E-state index contributed by atoms with van der Waals surface area (Å²) < 4.78 is 21.8. The number of hydrogen-bond acceptors (Lipinski definition) is 5. The lowest BCUT2D eigenvalue weighted by atomic mass is 11.3. The number of nitrogens with one attached hydrogen (secondary N) is 1. The average molecular weight is 164 g/mol. The second kappa shape index (κ2) is 2.85. The molecule has 0 bridgehead atoms. The van der Waals surface area contributed by atoms with Gasteiger partial charge < -0.3 is 4.55 Å². The Labute approximate surface area is 57.5 Å². The van der Waals surface area contributed by atoms with E-state index in [-0.39, 0.29) is 5.13 Å². The summed E-state index contributed by atoms with van der Waals surface area (Å²) in [7, 11) is 0. The van der Waals surface area contributed by atoms with Crippen LogP contribution in [0.1, 0.15) is 0 Å². The lowest BCUT2D eigenvalue weighted by Crippen LogP contribution is -2.01. The molecular formula is C2H2N3O2S2-. The summed E-state index contributed by atoms with van der Waals surface area (Å²) in [6.45, 7) is 0. The van der Waals surface area contributed by atoms with Crippen LogP contribution >= 0.6 is 11.3 Å². The third kappa shape index (κ3) is 2.04. The monoisotopic (exact) mass is 164 g/mol. The first-order chi connectivity index (χ1) is 4.29. The second-order valence-electron chi connectivity index (χ2n) is 1.08. The summed E-state index contributed by atoms with van der Waals surface area (Å²) in [6, 6.07) is 0. The van der Waals surface area contributed by atoms with Crippen molar-refractivity contribution in [1.82, 2.24) is 10.2 Å². The van der Waals surface area contributed by atoms with Gasteiger partial charge in [0, 0.05) is 11.3 Å². The first-order valence-electron chi connectivity index (χ1n) is 1.91. The van der Waals surface area contributed by atoms with E-state index in [1.54, 1.807) is 0 Å². The molecule has 1 rings (SSSR count). The minimum absolute atomic E-state index is 0.281. The van der Waals surface area contributed by atoms with E-state index < -0.39 is 11.3 Å². The van der Waals surface area contributed by atoms with Crippen molar-refractivity contribution >= 4 is 27.7 Å². The van der Waals surface area contributed by atoms with E-state index in [0.29, 0.717) is 0 Å². The third-order valence-electron chi connectivity index (χ3n) is 0.531. The van der Waals surface area contributed by atoms with E-state index in [0.717, 1.165) is 11.3 Å². The van der Waals surface area contributed by atoms with Crippen LogP contribution in [0.4, 0.5) is 5.13 Å². The van der Waals surface area contributed by atoms with Crippen LogP contribution in [0.3, 0.4) is 0 Å². The molecule has 0 spiro atoms. The molecule has 0 aromatic carbocycles. The Morgan fingerprint density at radius 1 is 1.89 bits per heavy atom. The van der Waals surface area contributed by atoms with E-state index in [1.807, 2.05) is 4.72 Å². The first kappa shape index (κ1) is 6.59. The fourth-order valence-electron chi connectivity index (χ4n) is 0.289. The highest BCUT2D eigenvalue weighted by atomic mass is 32.2. The van der Waals surface area contributed by atoms with Crippen molar-refractivity contribution in [3.05, 3.63) is 5.51 Å². The zero-order valence-corrected chi connectivity index (χ0v) is 5.74. The topological polar surface area (TPSA) is 77.9 Å². The molecule has 1 unspecified atom stereocenters. The molecule has 1 N–H and O–H groups in total. The average Bonchev–Trinajstić information content (AvgIpc) is 2.15. The molecule has 0 aliphatic carbocycles. The van der Waals surface area contributed by atoms with Crippen LogP contribution in [0.5, 0.6) is 0 Å². The van der Waals surface area contributed by atoms with Gasteiger partial charge in [0.15, 0.2) is 0 Å². The van der Waals surface area contributed by atoms with Crippen molar-refractivity contribution < 1.29 is 8.76 Å². The maximum atomic E-state index is 9.89. The molecule has 5 nitrogen and oxygen atoms in total. The van der Waals surface area contributed by atoms with Gasteiger partial charge in [0.1, 0.15) is 5.51 Å². The Hall–Kier alpha value is -0.530. The highest BCUT2D eigenvalue weighted by Gasteiger charge is 1.90. The molecule has 50 valence electrons. The van der Waals surface area contributed by atoms with Gasteiger partial charge in [0.05, 0.1) is 0 Å². The van der Waals surface area contributed by atoms with Gasteiger partial charge in [-0.1, -0.05) is 11.3 Å². The molecule has 0 aliphatic heterocycles.